The van der Waals surface area contributed by atoms with Crippen LogP contribution in [-0.4, -0.2) is 47.6 Å². The molecule has 0 aromatic heterocycles. The maximum absolute atomic E-state index is 12.5. The first kappa shape index (κ1) is 14.8. The van der Waals surface area contributed by atoms with Crippen molar-refractivity contribution in [2.45, 2.75) is 26.3 Å². The van der Waals surface area contributed by atoms with Gasteiger partial charge in [-0.1, -0.05) is 0 Å². The molecule has 3 N–H and O–H groups in total. The fourth-order valence-corrected chi connectivity index (χ4v) is 2.43. The Morgan fingerprint density at radius 1 is 1.35 bits per heavy atom. The first-order chi connectivity index (χ1) is 9.41. The molecule has 1 aromatic rings. The van der Waals surface area contributed by atoms with E-state index in [-0.39, 0.29) is 11.7 Å². The van der Waals surface area contributed by atoms with Crippen LogP contribution < -0.4 is 10.6 Å². The third-order valence-corrected chi connectivity index (χ3v) is 3.92. The van der Waals surface area contributed by atoms with Gasteiger partial charge < -0.3 is 15.7 Å². The average Bonchev–Trinajstić information content (AvgIpc) is 2.42. The smallest absolute Gasteiger partial charge is 0.244 e. The lowest BCUT2D eigenvalue weighted by molar-refractivity contribution is -0.126. The van der Waals surface area contributed by atoms with Gasteiger partial charge in [0.05, 0.1) is 5.54 Å². The van der Waals surface area contributed by atoms with Gasteiger partial charge in [-0.15, -0.1) is 0 Å². The van der Waals surface area contributed by atoms with Gasteiger partial charge >= 0.3 is 0 Å². The van der Waals surface area contributed by atoms with Crippen molar-refractivity contribution in [1.82, 2.24) is 10.2 Å². The van der Waals surface area contributed by atoms with Crippen molar-refractivity contribution in [3.8, 4) is 5.75 Å². The zero-order chi connectivity index (χ0) is 14.8. The summed E-state index contributed by atoms with van der Waals surface area (Å²) in [5.74, 6) is 0.190. The van der Waals surface area contributed by atoms with Crippen LogP contribution in [0.3, 0.4) is 0 Å². The van der Waals surface area contributed by atoms with E-state index < -0.39 is 5.54 Å². The molecule has 1 aliphatic heterocycles. The number of rotatable bonds is 3. The highest BCUT2D eigenvalue weighted by Crippen LogP contribution is 2.23. The van der Waals surface area contributed by atoms with Gasteiger partial charge in [-0.3, -0.25) is 9.69 Å². The number of hydrogen-bond donors (Lipinski definition) is 3. The van der Waals surface area contributed by atoms with Crippen molar-refractivity contribution >= 4 is 11.6 Å². The quantitative estimate of drug-likeness (QED) is 0.729. The molecule has 0 bridgehead atoms. The molecule has 1 amide bonds. The van der Waals surface area contributed by atoms with Gasteiger partial charge in [-0.2, -0.15) is 0 Å². The molecule has 5 heteroatoms. The van der Waals surface area contributed by atoms with Crippen molar-refractivity contribution in [2.75, 3.05) is 31.5 Å². The molecule has 1 aromatic carbocycles. The number of nitrogens with one attached hydrogen (secondary N) is 2. The Balaban J connectivity index is 2.09. The van der Waals surface area contributed by atoms with Crippen LogP contribution in [-0.2, 0) is 4.79 Å². The summed E-state index contributed by atoms with van der Waals surface area (Å²) >= 11 is 0. The van der Waals surface area contributed by atoms with E-state index in [9.17, 15) is 9.90 Å². The predicted octanol–water partition coefficient (Wildman–Crippen LogP) is 1.32. The van der Waals surface area contributed by atoms with E-state index in [0.29, 0.717) is 0 Å². The molecule has 0 radical (unpaired) electrons. The normalized spacial score (nSPS) is 16.9. The van der Waals surface area contributed by atoms with Gasteiger partial charge in [0.15, 0.2) is 0 Å². The molecular formula is C15H23N3O2. The van der Waals surface area contributed by atoms with E-state index in [1.54, 1.807) is 18.2 Å². The molecule has 1 fully saturated rings. The summed E-state index contributed by atoms with van der Waals surface area (Å²) in [5.41, 5.74) is 1.05. The van der Waals surface area contributed by atoms with Gasteiger partial charge in [-0.05, 0) is 44.5 Å². The standard InChI is InChI=1S/C15H23N3O2/c1-11-10-12(19)4-5-13(11)17-14(20)15(2,3)18-8-6-16-7-9-18/h4-5,10,16,19H,6-9H2,1-3H3,(H,17,20). The lowest BCUT2D eigenvalue weighted by Crippen LogP contribution is -2.58. The first-order valence-electron chi connectivity index (χ1n) is 6.98. The summed E-state index contributed by atoms with van der Waals surface area (Å²) in [5, 5.41) is 15.7. The lowest BCUT2D eigenvalue weighted by Gasteiger charge is -2.39. The number of hydrogen-bond acceptors (Lipinski definition) is 4. The third-order valence-electron chi connectivity index (χ3n) is 3.92. The summed E-state index contributed by atoms with van der Waals surface area (Å²) in [4.78, 5) is 14.7. The Morgan fingerprint density at radius 2 is 2.00 bits per heavy atom. The monoisotopic (exact) mass is 277 g/mol. The first-order valence-corrected chi connectivity index (χ1v) is 6.98. The highest BCUT2D eigenvalue weighted by molar-refractivity contribution is 5.98. The second-order valence-corrected chi connectivity index (χ2v) is 5.75. The molecule has 1 heterocycles. The molecule has 5 nitrogen and oxygen atoms in total. The maximum atomic E-state index is 12.5. The Kier molecular flexibility index (Phi) is 4.30. The Labute approximate surface area is 120 Å². The molecule has 20 heavy (non-hydrogen) atoms. The summed E-state index contributed by atoms with van der Waals surface area (Å²) in [6.07, 6.45) is 0. The number of aryl methyl sites for hydroxylation is 1. The van der Waals surface area contributed by atoms with E-state index in [2.05, 4.69) is 15.5 Å². The van der Waals surface area contributed by atoms with E-state index in [0.717, 1.165) is 37.4 Å². The molecule has 0 unspecified atom stereocenters. The Hall–Kier alpha value is -1.59. The zero-order valence-corrected chi connectivity index (χ0v) is 12.4. The van der Waals surface area contributed by atoms with Crippen LogP contribution >= 0.6 is 0 Å². The molecule has 1 saturated heterocycles. The van der Waals surface area contributed by atoms with Crippen molar-refractivity contribution < 1.29 is 9.90 Å². The summed E-state index contributed by atoms with van der Waals surface area (Å²) in [6.45, 7) is 9.33. The number of carbonyl (C=O) groups is 1. The van der Waals surface area contributed by atoms with E-state index in [1.807, 2.05) is 20.8 Å². The van der Waals surface area contributed by atoms with Crippen LogP contribution in [0.5, 0.6) is 5.75 Å². The van der Waals surface area contributed by atoms with Crippen molar-refractivity contribution in [1.29, 1.82) is 0 Å². The number of phenolic OH excluding ortho intramolecular Hbond substituents is 1. The number of carbonyl (C=O) groups excluding carboxylic acids is 1. The van der Waals surface area contributed by atoms with Crippen LogP contribution in [0.4, 0.5) is 5.69 Å². The van der Waals surface area contributed by atoms with Crippen molar-refractivity contribution in [3.63, 3.8) is 0 Å². The number of aromatic hydroxyl groups is 1. The predicted molar refractivity (Wildman–Crippen MR) is 80.0 cm³/mol. The van der Waals surface area contributed by atoms with Gasteiger partial charge in [0.1, 0.15) is 5.75 Å². The van der Waals surface area contributed by atoms with Crippen LogP contribution in [0.2, 0.25) is 0 Å². The van der Waals surface area contributed by atoms with Gasteiger partial charge in [-0.25, -0.2) is 0 Å². The summed E-state index contributed by atoms with van der Waals surface area (Å²) < 4.78 is 0. The number of piperazine rings is 1. The average molecular weight is 277 g/mol. The van der Waals surface area contributed by atoms with Gasteiger partial charge in [0.25, 0.3) is 0 Å². The van der Waals surface area contributed by atoms with Crippen LogP contribution in [0.1, 0.15) is 19.4 Å². The number of anilines is 1. The number of benzene rings is 1. The fourth-order valence-electron chi connectivity index (χ4n) is 2.43. The van der Waals surface area contributed by atoms with Gasteiger partial charge in [0.2, 0.25) is 5.91 Å². The molecule has 0 spiro atoms. The number of phenols is 1. The molecule has 0 aliphatic carbocycles. The van der Waals surface area contributed by atoms with E-state index >= 15 is 0 Å². The minimum absolute atomic E-state index is 0.0202. The number of amides is 1. The van der Waals surface area contributed by atoms with Crippen molar-refractivity contribution in [3.05, 3.63) is 23.8 Å². The van der Waals surface area contributed by atoms with Crippen molar-refractivity contribution in [2.24, 2.45) is 0 Å². The minimum atomic E-state index is -0.549. The topological polar surface area (TPSA) is 64.6 Å². The molecule has 2 rings (SSSR count). The maximum Gasteiger partial charge on any atom is 0.244 e. The minimum Gasteiger partial charge on any atom is -0.508 e. The Morgan fingerprint density at radius 3 is 2.60 bits per heavy atom. The lowest BCUT2D eigenvalue weighted by atomic mass is 10.00. The van der Waals surface area contributed by atoms with Crippen LogP contribution in [0.25, 0.3) is 0 Å². The zero-order valence-electron chi connectivity index (χ0n) is 12.4. The van der Waals surface area contributed by atoms with Crippen LogP contribution in [0, 0.1) is 6.92 Å². The third kappa shape index (κ3) is 3.11. The molecule has 110 valence electrons. The SMILES string of the molecule is Cc1cc(O)ccc1NC(=O)C(C)(C)N1CCNCC1. The van der Waals surface area contributed by atoms with Crippen LogP contribution in [0.15, 0.2) is 18.2 Å². The van der Waals surface area contributed by atoms with E-state index in [4.69, 9.17) is 0 Å². The second-order valence-electron chi connectivity index (χ2n) is 5.75. The molecule has 0 saturated carbocycles. The van der Waals surface area contributed by atoms with E-state index in [1.165, 1.54) is 0 Å². The largest absolute Gasteiger partial charge is 0.508 e. The number of nitrogens with zero attached hydrogens (tertiary/aromatic N) is 1. The highest BCUT2D eigenvalue weighted by atomic mass is 16.3. The second kappa shape index (κ2) is 5.81. The van der Waals surface area contributed by atoms with Gasteiger partial charge in [0, 0.05) is 31.9 Å². The summed E-state index contributed by atoms with van der Waals surface area (Å²) in [7, 11) is 0. The highest BCUT2D eigenvalue weighted by Gasteiger charge is 2.35. The fraction of sp³-hybridized carbons (Fsp3) is 0.533. The summed E-state index contributed by atoms with van der Waals surface area (Å²) in [6, 6.07) is 4.96. The molecule has 0 atom stereocenters. The Bertz CT molecular complexity index is 494. The molecular weight excluding hydrogens is 254 g/mol. The molecule has 1 aliphatic rings.